The van der Waals surface area contributed by atoms with Crippen molar-refractivity contribution in [1.29, 1.82) is 5.26 Å². The summed E-state index contributed by atoms with van der Waals surface area (Å²) in [6.07, 6.45) is -0.130. The number of hydrogen-bond acceptors (Lipinski definition) is 5. The van der Waals surface area contributed by atoms with Gasteiger partial charge in [0.05, 0.1) is 29.6 Å². The Kier molecular flexibility index (Phi) is 5.05. The molecule has 0 spiro atoms. The van der Waals surface area contributed by atoms with E-state index in [2.05, 4.69) is 0 Å². The molecule has 0 bridgehead atoms. The first-order valence-corrected chi connectivity index (χ1v) is 6.87. The molecule has 1 unspecified atom stereocenters. The Labute approximate surface area is 133 Å². The average molecular weight is 310 g/mol. The Balaban J connectivity index is 2.36. The van der Waals surface area contributed by atoms with Crippen LogP contribution in [0.2, 0.25) is 0 Å². The van der Waals surface area contributed by atoms with Crippen molar-refractivity contribution in [2.45, 2.75) is 12.3 Å². The number of Topliss-reactive ketones (excluding diaryl/α,β-unsaturated/α-hetero) is 1. The number of carbonyl (C=O) groups is 1. The number of nitro benzene ring substituents is 1. The van der Waals surface area contributed by atoms with Crippen LogP contribution in [0.1, 0.15) is 28.3 Å². The molecule has 0 aliphatic rings. The Morgan fingerprint density at radius 2 is 2.00 bits per heavy atom. The van der Waals surface area contributed by atoms with E-state index in [1.165, 1.54) is 25.3 Å². The maximum absolute atomic E-state index is 12.3. The zero-order valence-electron chi connectivity index (χ0n) is 12.4. The molecule has 6 nitrogen and oxygen atoms in total. The zero-order valence-corrected chi connectivity index (χ0v) is 12.4. The number of methoxy groups -OCH3 is 1. The van der Waals surface area contributed by atoms with Gasteiger partial charge < -0.3 is 4.74 Å². The Bertz CT molecular complexity index is 766. The molecule has 0 saturated heterocycles. The van der Waals surface area contributed by atoms with Gasteiger partial charge in [0.25, 0.3) is 5.69 Å². The topological polar surface area (TPSA) is 93.2 Å². The van der Waals surface area contributed by atoms with Gasteiger partial charge in [0.15, 0.2) is 5.78 Å². The molecule has 0 heterocycles. The number of hydrogen-bond donors (Lipinski definition) is 0. The minimum absolute atomic E-state index is 0.130. The minimum atomic E-state index is -0.918. The Morgan fingerprint density at radius 3 is 2.57 bits per heavy atom. The number of rotatable bonds is 6. The van der Waals surface area contributed by atoms with E-state index < -0.39 is 10.8 Å². The number of nitriles is 1. The number of carbonyl (C=O) groups excluding carboxylic acids is 1. The molecule has 0 fully saturated rings. The number of benzene rings is 2. The molecule has 116 valence electrons. The van der Waals surface area contributed by atoms with E-state index in [0.29, 0.717) is 11.3 Å². The summed E-state index contributed by atoms with van der Waals surface area (Å²) >= 11 is 0. The molecule has 0 N–H and O–H groups in total. The van der Waals surface area contributed by atoms with Crippen LogP contribution in [0.4, 0.5) is 5.69 Å². The van der Waals surface area contributed by atoms with Crippen molar-refractivity contribution in [2.75, 3.05) is 7.11 Å². The van der Waals surface area contributed by atoms with Crippen LogP contribution in [-0.2, 0) is 0 Å². The predicted octanol–water partition coefficient (Wildman–Crippen LogP) is 3.48. The lowest BCUT2D eigenvalue weighted by Crippen LogP contribution is -2.08. The summed E-state index contributed by atoms with van der Waals surface area (Å²) < 4.78 is 5.06. The maximum atomic E-state index is 12.3. The standard InChI is InChI=1S/C17H14N2O4/c1-23-14-7-8-16(19(21)22)15(10-14)13(11-18)9-17(20)12-5-3-2-4-6-12/h2-8,10,13H,9H2,1H3. The van der Waals surface area contributed by atoms with Crippen LogP contribution in [-0.4, -0.2) is 17.8 Å². The molecule has 2 aromatic carbocycles. The van der Waals surface area contributed by atoms with Crippen LogP contribution < -0.4 is 4.74 Å². The highest BCUT2D eigenvalue weighted by Gasteiger charge is 2.25. The molecule has 0 radical (unpaired) electrons. The lowest BCUT2D eigenvalue weighted by molar-refractivity contribution is -0.385. The molecule has 0 aliphatic carbocycles. The largest absolute Gasteiger partial charge is 0.497 e. The third-order valence-electron chi connectivity index (χ3n) is 3.45. The van der Waals surface area contributed by atoms with E-state index in [1.807, 2.05) is 6.07 Å². The summed E-state index contributed by atoms with van der Waals surface area (Å²) in [5, 5.41) is 20.5. The first kappa shape index (κ1) is 16.2. The van der Waals surface area contributed by atoms with Gasteiger partial charge in [-0.05, 0) is 12.1 Å². The number of nitro groups is 1. The van der Waals surface area contributed by atoms with Crippen LogP contribution in [0.3, 0.4) is 0 Å². The van der Waals surface area contributed by atoms with Crippen molar-refractivity contribution in [3.63, 3.8) is 0 Å². The number of ketones is 1. The monoisotopic (exact) mass is 310 g/mol. The summed E-state index contributed by atoms with van der Waals surface area (Å²) in [7, 11) is 1.43. The van der Waals surface area contributed by atoms with Crippen molar-refractivity contribution >= 4 is 11.5 Å². The third-order valence-corrected chi connectivity index (χ3v) is 3.45. The van der Waals surface area contributed by atoms with E-state index in [4.69, 9.17) is 4.74 Å². The fourth-order valence-corrected chi connectivity index (χ4v) is 2.26. The molecular formula is C17H14N2O4. The van der Waals surface area contributed by atoms with Gasteiger partial charge in [-0.1, -0.05) is 30.3 Å². The van der Waals surface area contributed by atoms with Gasteiger partial charge in [-0.3, -0.25) is 14.9 Å². The quantitative estimate of drug-likeness (QED) is 0.462. The SMILES string of the molecule is COc1ccc([N+](=O)[O-])c(C(C#N)CC(=O)c2ccccc2)c1. The Hall–Kier alpha value is -3.20. The first-order valence-electron chi connectivity index (χ1n) is 6.87. The molecule has 0 saturated carbocycles. The number of nitrogens with zero attached hydrogens (tertiary/aromatic N) is 2. The lowest BCUT2D eigenvalue weighted by Gasteiger charge is -2.11. The van der Waals surface area contributed by atoms with E-state index in [-0.39, 0.29) is 23.5 Å². The van der Waals surface area contributed by atoms with Gasteiger partial charge in [-0.2, -0.15) is 5.26 Å². The van der Waals surface area contributed by atoms with E-state index in [0.717, 1.165) is 0 Å². The van der Waals surface area contributed by atoms with Crippen molar-refractivity contribution in [3.05, 3.63) is 69.8 Å². The molecule has 0 aromatic heterocycles. The van der Waals surface area contributed by atoms with Crippen LogP contribution in [0.25, 0.3) is 0 Å². The van der Waals surface area contributed by atoms with Gasteiger partial charge in [0, 0.05) is 18.1 Å². The highest BCUT2D eigenvalue weighted by Crippen LogP contribution is 2.32. The highest BCUT2D eigenvalue weighted by atomic mass is 16.6. The highest BCUT2D eigenvalue weighted by molar-refractivity contribution is 5.96. The van der Waals surface area contributed by atoms with Crippen molar-refractivity contribution in [1.82, 2.24) is 0 Å². The van der Waals surface area contributed by atoms with Crippen molar-refractivity contribution < 1.29 is 14.5 Å². The van der Waals surface area contributed by atoms with Crippen molar-refractivity contribution in [3.8, 4) is 11.8 Å². The molecule has 0 aliphatic heterocycles. The van der Waals surface area contributed by atoms with Crippen LogP contribution in [0.15, 0.2) is 48.5 Å². The van der Waals surface area contributed by atoms with Gasteiger partial charge in [-0.25, -0.2) is 0 Å². The smallest absolute Gasteiger partial charge is 0.274 e. The molecule has 0 amide bonds. The second kappa shape index (κ2) is 7.18. The summed E-state index contributed by atoms with van der Waals surface area (Å²) in [6.45, 7) is 0. The lowest BCUT2D eigenvalue weighted by atomic mass is 9.91. The summed E-state index contributed by atoms with van der Waals surface area (Å²) in [5.74, 6) is -0.759. The van der Waals surface area contributed by atoms with E-state index in [1.54, 1.807) is 30.3 Å². The summed E-state index contributed by atoms with van der Waals surface area (Å²) in [5.41, 5.74) is 0.456. The van der Waals surface area contributed by atoms with Gasteiger partial charge >= 0.3 is 0 Å². The van der Waals surface area contributed by atoms with Gasteiger partial charge in [0.1, 0.15) is 5.75 Å². The molecule has 1 atom stereocenters. The second-order valence-corrected chi connectivity index (χ2v) is 4.86. The van der Waals surface area contributed by atoms with Gasteiger partial charge in [-0.15, -0.1) is 0 Å². The van der Waals surface area contributed by atoms with Crippen LogP contribution in [0, 0.1) is 21.4 Å². The normalized spacial score (nSPS) is 11.3. The predicted molar refractivity (Wildman–Crippen MR) is 83.4 cm³/mol. The average Bonchev–Trinajstić information content (AvgIpc) is 2.59. The maximum Gasteiger partial charge on any atom is 0.274 e. The Morgan fingerprint density at radius 1 is 1.30 bits per heavy atom. The first-order chi connectivity index (χ1) is 11.1. The number of ether oxygens (including phenoxy) is 1. The molecule has 6 heteroatoms. The van der Waals surface area contributed by atoms with E-state index in [9.17, 15) is 20.2 Å². The molecule has 2 aromatic rings. The van der Waals surface area contributed by atoms with Crippen molar-refractivity contribution in [2.24, 2.45) is 0 Å². The van der Waals surface area contributed by atoms with Crippen LogP contribution in [0.5, 0.6) is 5.75 Å². The van der Waals surface area contributed by atoms with E-state index >= 15 is 0 Å². The fourth-order valence-electron chi connectivity index (χ4n) is 2.26. The molecular weight excluding hydrogens is 296 g/mol. The summed E-state index contributed by atoms with van der Waals surface area (Å²) in [4.78, 5) is 22.9. The fraction of sp³-hybridized carbons (Fsp3) is 0.176. The molecule has 2 rings (SSSR count). The third kappa shape index (κ3) is 3.71. The van der Waals surface area contributed by atoms with Gasteiger partial charge in [0.2, 0.25) is 0 Å². The zero-order chi connectivity index (χ0) is 16.8. The second-order valence-electron chi connectivity index (χ2n) is 4.86. The molecule has 23 heavy (non-hydrogen) atoms. The van der Waals surface area contributed by atoms with Crippen LogP contribution >= 0.6 is 0 Å². The summed E-state index contributed by atoms with van der Waals surface area (Å²) in [6, 6.07) is 14.7. The minimum Gasteiger partial charge on any atom is -0.497 e.